The summed E-state index contributed by atoms with van der Waals surface area (Å²) in [5, 5.41) is 0. The highest BCUT2D eigenvalue weighted by Crippen LogP contribution is 2.29. The molecular weight excluding hydrogens is 290 g/mol. The van der Waals surface area contributed by atoms with Gasteiger partial charge in [-0.15, -0.1) is 0 Å². The Morgan fingerprint density at radius 2 is 2.13 bits per heavy atom. The first-order chi connectivity index (χ1) is 11.1. The van der Waals surface area contributed by atoms with Crippen molar-refractivity contribution in [3.8, 4) is 17.0 Å². The summed E-state index contributed by atoms with van der Waals surface area (Å²) in [6.45, 7) is 2.00. The second-order valence-corrected chi connectivity index (χ2v) is 5.20. The molecule has 0 unspecified atom stereocenters. The summed E-state index contributed by atoms with van der Waals surface area (Å²) in [5.41, 5.74) is 9.62. The third kappa shape index (κ3) is 2.81. The molecule has 0 atom stereocenters. The SMILES string of the molecule is COc1cccc(-c2nc3c(C)cccn3c2/C=C/C(N)=O)c1. The molecule has 1 amide bonds. The Morgan fingerprint density at radius 1 is 1.30 bits per heavy atom. The number of imidazole rings is 1. The lowest BCUT2D eigenvalue weighted by atomic mass is 10.1. The van der Waals surface area contributed by atoms with Crippen LogP contribution in [0.3, 0.4) is 0 Å². The molecule has 0 spiro atoms. The Morgan fingerprint density at radius 3 is 2.87 bits per heavy atom. The molecule has 0 saturated heterocycles. The number of fused-ring (bicyclic) bond motifs is 1. The molecule has 3 rings (SSSR count). The maximum atomic E-state index is 11.1. The molecule has 0 fully saturated rings. The zero-order valence-corrected chi connectivity index (χ0v) is 13.0. The lowest BCUT2D eigenvalue weighted by molar-refractivity contribution is -0.113. The number of aromatic nitrogens is 2. The van der Waals surface area contributed by atoms with E-state index in [1.165, 1.54) is 6.08 Å². The topological polar surface area (TPSA) is 69.6 Å². The van der Waals surface area contributed by atoms with Crippen molar-refractivity contribution in [2.45, 2.75) is 6.92 Å². The van der Waals surface area contributed by atoms with Crippen molar-refractivity contribution in [1.29, 1.82) is 0 Å². The predicted molar refractivity (Wildman–Crippen MR) is 90.1 cm³/mol. The number of ether oxygens (including phenoxy) is 1. The van der Waals surface area contributed by atoms with Gasteiger partial charge in [0.25, 0.3) is 0 Å². The van der Waals surface area contributed by atoms with Gasteiger partial charge in [-0.2, -0.15) is 0 Å². The monoisotopic (exact) mass is 307 g/mol. The van der Waals surface area contributed by atoms with Crippen LogP contribution in [-0.4, -0.2) is 22.4 Å². The van der Waals surface area contributed by atoms with Gasteiger partial charge in [-0.25, -0.2) is 4.98 Å². The van der Waals surface area contributed by atoms with Crippen LogP contribution in [-0.2, 0) is 4.79 Å². The first-order valence-corrected chi connectivity index (χ1v) is 7.20. The minimum Gasteiger partial charge on any atom is -0.497 e. The minimum atomic E-state index is -0.496. The number of primary amides is 1. The molecule has 5 nitrogen and oxygen atoms in total. The third-order valence-electron chi connectivity index (χ3n) is 3.63. The average molecular weight is 307 g/mol. The molecule has 0 bridgehead atoms. The molecule has 0 radical (unpaired) electrons. The number of amides is 1. The van der Waals surface area contributed by atoms with Crippen LogP contribution in [0.5, 0.6) is 5.75 Å². The molecule has 0 saturated carbocycles. The first kappa shape index (κ1) is 14.8. The van der Waals surface area contributed by atoms with Gasteiger partial charge < -0.3 is 10.5 Å². The highest BCUT2D eigenvalue weighted by Gasteiger charge is 2.14. The zero-order chi connectivity index (χ0) is 16.4. The fourth-order valence-corrected chi connectivity index (χ4v) is 2.53. The van der Waals surface area contributed by atoms with Crippen LogP contribution in [0.15, 0.2) is 48.7 Å². The summed E-state index contributed by atoms with van der Waals surface area (Å²) in [6, 6.07) is 11.6. The smallest absolute Gasteiger partial charge is 0.241 e. The van der Waals surface area contributed by atoms with Crippen molar-refractivity contribution in [2.75, 3.05) is 7.11 Å². The standard InChI is InChI=1S/C18H17N3O2/c1-12-5-4-10-21-15(8-9-16(19)22)17(20-18(12)21)13-6-3-7-14(11-13)23-2/h3-11H,1-2H3,(H2,19,22)/b9-8+. The second-order valence-electron chi connectivity index (χ2n) is 5.20. The number of pyridine rings is 1. The molecule has 116 valence electrons. The van der Waals surface area contributed by atoms with E-state index in [9.17, 15) is 4.79 Å². The maximum absolute atomic E-state index is 11.1. The van der Waals surface area contributed by atoms with E-state index in [0.29, 0.717) is 0 Å². The minimum absolute atomic E-state index is 0.496. The van der Waals surface area contributed by atoms with Gasteiger partial charge in [0.05, 0.1) is 18.5 Å². The van der Waals surface area contributed by atoms with Crippen molar-refractivity contribution in [3.63, 3.8) is 0 Å². The van der Waals surface area contributed by atoms with Gasteiger partial charge in [-0.05, 0) is 36.8 Å². The van der Waals surface area contributed by atoms with Gasteiger partial charge in [0.2, 0.25) is 5.91 Å². The van der Waals surface area contributed by atoms with Crippen molar-refractivity contribution >= 4 is 17.6 Å². The Balaban J connectivity index is 2.28. The molecule has 0 aliphatic rings. The van der Waals surface area contributed by atoms with E-state index >= 15 is 0 Å². The van der Waals surface area contributed by atoms with Crippen LogP contribution >= 0.6 is 0 Å². The number of methoxy groups -OCH3 is 1. The largest absolute Gasteiger partial charge is 0.497 e. The van der Waals surface area contributed by atoms with Gasteiger partial charge in [0.1, 0.15) is 11.4 Å². The number of aryl methyl sites for hydroxylation is 1. The third-order valence-corrected chi connectivity index (χ3v) is 3.63. The number of carbonyl (C=O) groups is 1. The highest BCUT2D eigenvalue weighted by molar-refractivity contribution is 5.91. The van der Waals surface area contributed by atoms with E-state index in [2.05, 4.69) is 0 Å². The number of hydrogen-bond acceptors (Lipinski definition) is 3. The second kappa shape index (κ2) is 5.96. The Bertz CT molecular complexity index is 910. The van der Waals surface area contributed by atoms with Gasteiger partial charge in [-0.1, -0.05) is 18.2 Å². The number of hydrogen-bond donors (Lipinski definition) is 1. The summed E-state index contributed by atoms with van der Waals surface area (Å²) < 4.78 is 7.23. The van der Waals surface area contributed by atoms with Crippen LogP contribution in [0, 0.1) is 6.92 Å². The van der Waals surface area contributed by atoms with Gasteiger partial charge >= 0.3 is 0 Å². The van der Waals surface area contributed by atoms with E-state index in [0.717, 1.165) is 33.9 Å². The molecule has 2 N–H and O–H groups in total. The van der Waals surface area contributed by atoms with Crippen LogP contribution in [0.4, 0.5) is 0 Å². The van der Waals surface area contributed by atoms with Gasteiger partial charge in [-0.3, -0.25) is 9.20 Å². The number of nitrogens with two attached hydrogens (primary N) is 1. The molecule has 0 aliphatic carbocycles. The van der Waals surface area contributed by atoms with Crippen LogP contribution in [0.1, 0.15) is 11.3 Å². The number of rotatable bonds is 4. The molecular formula is C18H17N3O2. The van der Waals surface area contributed by atoms with E-state index in [4.69, 9.17) is 15.5 Å². The maximum Gasteiger partial charge on any atom is 0.241 e. The number of benzene rings is 1. The molecule has 1 aromatic carbocycles. The Labute approximate surface area is 134 Å². The van der Waals surface area contributed by atoms with Crippen LogP contribution in [0.25, 0.3) is 23.0 Å². The van der Waals surface area contributed by atoms with Crippen LogP contribution < -0.4 is 10.5 Å². The molecule has 5 heteroatoms. The van der Waals surface area contributed by atoms with Gasteiger partial charge in [0.15, 0.2) is 0 Å². The molecule has 2 aromatic heterocycles. The van der Waals surface area contributed by atoms with Crippen molar-refractivity contribution in [2.24, 2.45) is 5.73 Å². The fraction of sp³-hybridized carbons (Fsp3) is 0.111. The number of nitrogens with zero attached hydrogens (tertiary/aromatic N) is 2. The number of carbonyl (C=O) groups excluding carboxylic acids is 1. The fourth-order valence-electron chi connectivity index (χ4n) is 2.53. The van der Waals surface area contributed by atoms with Crippen molar-refractivity contribution in [1.82, 2.24) is 9.38 Å². The quantitative estimate of drug-likeness (QED) is 0.753. The van der Waals surface area contributed by atoms with E-state index in [1.807, 2.05) is 53.9 Å². The first-order valence-electron chi connectivity index (χ1n) is 7.20. The Hall–Kier alpha value is -3.08. The average Bonchev–Trinajstić information content (AvgIpc) is 2.93. The molecule has 23 heavy (non-hydrogen) atoms. The summed E-state index contributed by atoms with van der Waals surface area (Å²) in [6.07, 6.45) is 4.95. The summed E-state index contributed by atoms with van der Waals surface area (Å²) in [4.78, 5) is 15.9. The van der Waals surface area contributed by atoms with Crippen LogP contribution in [0.2, 0.25) is 0 Å². The van der Waals surface area contributed by atoms with E-state index < -0.39 is 5.91 Å². The predicted octanol–water partition coefficient (Wildman–Crippen LogP) is 2.82. The highest BCUT2D eigenvalue weighted by atomic mass is 16.5. The van der Waals surface area contributed by atoms with E-state index in [1.54, 1.807) is 13.2 Å². The summed E-state index contributed by atoms with van der Waals surface area (Å²) in [7, 11) is 1.63. The van der Waals surface area contributed by atoms with Crippen molar-refractivity contribution < 1.29 is 9.53 Å². The summed E-state index contributed by atoms with van der Waals surface area (Å²) >= 11 is 0. The lowest BCUT2D eigenvalue weighted by Gasteiger charge is -2.03. The molecule has 3 aromatic rings. The molecule has 2 heterocycles. The van der Waals surface area contributed by atoms with Gasteiger partial charge in [0, 0.05) is 17.8 Å². The van der Waals surface area contributed by atoms with E-state index in [-0.39, 0.29) is 0 Å². The molecule has 0 aliphatic heterocycles. The lowest BCUT2D eigenvalue weighted by Crippen LogP contribution is -2.05. The zero-order valence-electron chi connectivity index (χ0n) is 13.0. The van der Waals surface area contributed by atoms with Crippen molar-refractivity contribution in [3.05, 3.63) is 59.9 Å². The normalized spacial score (nSPS) is 11.2. The Kier molecular flexibility index (Phi) is 3.85. The summed E-state index contributed by atoms with van der Waals surface area (Å²) in [5.74, 6) is 0.255.